The summed E-state index contributed by atoms with van der Waals surface area (Å²) in [5.74, 6) is -0.698. The Morgan fingerprint density at radius 2 is 2.00 bits per heavy atom. The fourth-order valence-electron chi connectivity index (χ4n) is 2.53. The molecule has 0 spiro atoms. The Bertz CT molecular complexity index is 841. The fourth-order valence-corrected chi connectivity index (χ4v) is 2.53. The Hall–Kier alpha value is -2.62. The predicted octanol–water partition coefficient (Wildman–Crippen LogP) is 3.74. The zero-order chi connectivity index (χ0) is 15.1. The Morgan fingerprint density at radius 1 is 1.24 bits per heavy atom. The van der Waals surface area contributed by atoms with Gasteiger partial charge in [-0.25, -0.2) is 4.39 Å². The molecule has 0 saturated carbocycles. The topological polar surface area (TPSA) is 58.9 Å². The van der Waals surface area contributed by atoms with Gasteiger partial charge in [0, 0.05) is 39.5 Å². The number of H-pyrrole nitrogens is 1. The number of benzene rings is 2. The SMILES string of the molecule is Cc1c(N)cc(C(=O)c2c[nH]c3cccc(C)c23)cc1F. The maximum Gasteiger partial charge on any atom is 0.195 e. The summed E-state index contributed by atoms with van der Waals surface area (Å²) in [5.41, 5.74) is 9.09. The third kappa shape index (κ3) is 2.09. The third-order valence-corrected chi connectivity index (χ3v) is 3.81. The van der Waals surface area contributed by atoms with Gasteiger partial charge in [0.15, 0.2) is 5.78 Å². The van der Waals surface area contributed by atoms with Gasteiger partial charge in [0.1, 0.15) is 5.82 Å². The van der Waals surface area contributed by atoms with Crippen molar-refractivity contribution in [3.8, 4) is 0 Å². The highest BCUT2D eigenvalue weighted by Crippen LogP contribution is 2.26. The normalized spacial score (nSPS) is 11.0. The smallest absolute Gasteiger partial charge is 0.195 e. The van der Waals surface area contributed by atoms with Crippen molar-refractivity contribution in [3.63, 3.8) is 0 Å². The van der Waals surface area contributed by atoms with Crippen molar-refractivity contribution in [1.82, 2.24) is 4.98 Å². The number of nitrogens with one attached hydrogen (secondary N) is 1. The number of carbonyl (C=O) groups is 1. The van der Waals surface area contributed by atoms with E-state index in [9.17, 15) is 9.18 Å². The van der Waals surface area contributed by atoms with Gasteiger partial charge in [-0.2, -0.15) is 0 Å². The highest BCUT2D eigenvalue weighted by atomic mass is 19.1. The average Bonchev–Trinajstić information content (AvgIpc) is 2.89. The van der Waals surface area contributed by atoms with E-state index in [-0.39, 0.29) is 17.0 Å². The number of nitrogen functional groups attached to an aromatic ring is 1. The van der Waals surface area contributed by atoms with Crippen LogP contribution in [-0.2, 0) is 0 Å². The largest absolute Gasteiger partial charge is 0.398 e. The Kier molecular flexibility index (Phi) is 3.01. The molecule has 106 valence electrons. The molecule has 1 aromatic heterocycles. The molecule has 0 unspecified atom stereocenters. The summed E-state index contributed by atoms with van der Waals surface area (Å²) in [5, 5.41) is 0.863. The lowest BCUT2D eigenvalue weighted by atomic mass is 9.98. The number of rotatable bonds is 2. The van der Waals surface area contributed by atoms with Crippen LogP contribution in [0.3, 0.4) is 0 Å². The van der Waals surface area contributed by atoms with Gasteiger partial charge in [-0.05, 0) is 37.6 Å². The zero-order valence-electron chi connectivity index (χ0n) is 11.8. The van der Waals surface area contributed by atoms with Crippen LogP contribution >= 0.6 is 0 Å². The first kappa shape index (κ1) is 13.4. The summed E-state index contributed by atoms with van der Waals surface area (Å²) in [6.07, 6.45) is 1.66. The molecule has 4 heteroatoms. The molecule has 3 aromatic rings. The van der Waals surface area contributed by atoms with Crippen molar-refractivity contribution in [3.05, 3.63) is 64.6 Å². The van der Waals surface area contributed by atoms with Crippen LogP contribution < -0.4 is 5.73 Å². The van der Waals surface area contributed by atoms with Gasteiger partial charge in [-0.1, -0.05) is 12.1 Å². The number of nitrogens with two attached hydrogens (primary N) is 1. The number of fused-ring (bicyclic) bond motifs is 1. The van der Waals surface area contributed by atoms with E-state index >= 15 is 0 Å². The van der Waals surface area contributed by atoms with Crippen molar-refractivity contribution in [2.24, 2.45) is 0 Å². The van der Waals surface area contributed by atoms with E-state index in [1.807, 2.05) is 25.1 Å². The van der Waals surface area contributed by atoms with Gasteiger partial charge in [0.05, 0.1) is 0 Å². The molecular formula is C17H15FN2O. The van der Waals surface area contributed by atoms with Gasteiger partial charge < -0.3 is 10.7 Å². The summed E-state index contributed by atoms with van der Waals surface area (Å²) in [7, 11) is 0. The lowest BCUT2D eigenvalue weighted by molar-refractivity contribution is 0.104. The second-order valence-corrected chi connectivity index (χ2v) is 5.20. The Balaban J connectivity index is 2.17. The van der Waals surface area contributed by atoms with Gasteiger partial charge in [0.2, 0.25) is 0 Å². The number of aromatic amines is 1. The number of aromatic nitrogens is 1. The summed E-state index contributed by atoms with van der Waals surface area (Å²) in [4.78, 5) is 15.7. The molecule has 2 aromatic carbocycles. The van der Waals surface area contributed by atoms with Crippen LogP contribution in [0.15, 0.2) is 36.5 Å². The lowest BCUT2D eigenvalue weighted by Gasteiger charge is -2.06. The minimum absolute atomic E-state index is 0.235. The fraction of sp³-hybridized carbons (Fsp3) is 0.118. The molecule has 3 N–H and O–H groups in total. The molecule has 0 saturated heterocycles. The minimum atomic E-state index is -0.463. The van der Waals surface area contributed by atoms with Crippen molar-refractivity contribution in [2.45, 2.75) is 13.8 Å². The van der Waals surface area contributed by atoms with E-state index in [2.05, 4.69) is 4.98 Å². The number of carbonyl (C=O) groups excluding carboxylic acids is 1. The van der Waals surface area contributed by atoms with Crippen molar-refractivity contribution >= 4 is 22.4 Å². The van der Waals surface area contributed by atoms with E-state index < -0.39 is 5.82 Å². The van der Waals surface area contributed by atoms with Gasteiger partial charge in [0.25, 0.3) is 0 Å². The molecule has 0 aliphatic rings. The molecule has 3 rings (SSSR count). The molecule has 1 heterocycles. The van der Waals surface area contributed by atoms with Crippen LogP contribution in [0.2, 0.25) is 0 Å². The molecule has 0 aliphatic carbocycles. The number of hydrogen-bond acceptors (Lipinski definition) is 2. The van der Waals surface area contributed by atoms with Gasteiger partial charge >= 0.3 is 0 Å². The molecule has 0 atom stereocenters. The molecule has 0 fully saturated rings. The van der Waals surface area contributed by atoms with Crippen molar-refractivity contribution in [2.75, 3.05) is 5.73 Å². The summed E-state index contributed by atoms with van der Waals surface area (Å²) in [6.45, 7) is 3.53. The second-order valence-electron chi connectivity index (χ2n) is 5.20. The molecular weight excluding hydrogens is 267 g/mol. The number of anilines is 1. The number of aryl methyl sites for hydroxylation is 1. The van der Waals surface area contributed by atoms with Crippen molar-refractivity contribution in [1.29, 1.82) is 0 Å². The summed E-state index contributed by atoms with van der Waals surface area (Å²) < 4.78 is 13.8. The summed E-state index contributed by atoms with van der Waals surface area (Å²) in [6, 6.07) is 8.54. The summed E-state index contributed by atoms with van der Waals surface area (Å²) >= 11 is 0. The first-order valence-corrected chi connectivity index (χ1v) is 6.66. The standard InChI is InChI=1S/C17H15FN2O/c1-9-4-3-5-15-16(9)12(8-20-15)17(21)11-6-13(18)10(2)14(19)7-11/h3-8,20H,19H2,1-2H3. The second kappa shape index (κ2) is 4.74. The molecule has 0 aliphatic heterocycles. The maximum absolute atomic E-state index is 13.8. The maximum atomic E-state index is 13.8. The third-order valence-electron chi connectivity index (χ3n) is 3.81. The number of hydrogen-bond donors (Lipinski definition) is 2. The number of halogens is 1. The first-order valence-electron chi connectivity index (χ1n) is 6.66. The van der Waals surface area contributed by atoms with Crippen molar-refractivity contribution < 1.29 is 9.18 Å². The Morgan fingerprint density at radius 3 is 2.71 bits per heavy atom. The van der Waals surface area contributed by atoms with Crippen LogP contribution in [-0.4, -0.2) is 10.8 Å². The minimum Gasteiger partial charge on any atom is -0.398 e. The molecule has 0 amide bonds. The highest BCUT2D eigenvalue weighted by Gasteiger charge is 2.17. The van der Waals surface area contributed by atoms with E-state index in [1.54, 1.807) is 13.1 Å². The van der Waals surface area contributed by atoms with Crippen LogP contribution in [0.4, 0.5) is 10.1 Å². The van der Waals surface area contributed by atoms with Crippen LogP contribution in [0.5, 0.6) is 0 Å². The van der Waals surface area contributed by atoms with E-state index in [4.69, 9.17) is 5.73 Å². The van der Waals surface area contributed by atoms with E-state index in [0.717, 1.165) is 16.5 Å². The zero-order valence-corrected chi connectivity index (χ0v) is 11.8. The molecule has 0 bridgehead atoms. The molecule has 0 radical (unpaired) electrons. The lowest BCUT2D eigenvalue weighted by Crippen LogP contribution is -2.04. The van der Waals surface area contributed by atoms with Crippen LogP contribution in [0.1, 0.15) is 27.0 Å². The van der Waals surface area contributed by atoms with Crippen LogP contribution in [0.25, 0.3) is 10.9 Å². The van der Waals surface area contributed by atoms with Gasteiger partial charge in [-0.3, -0.25) is 4.79 Å². The number of ketones is 1. The van der Waals surface area contributed by atoms with Crippen LogP contribution in [0, 0.1) is 19.7 Å². The predicted molar refractivity (Wildman–Crippen MR) is 82.0 cm³/mol. The van der Waals surface area contributed by atoms with E-state index in [0.29, 0.717) is 11.1 Å². The first-order chi connectivity index (χ1) is 9.99. The average molecular weight is 282 g/mol. The molecule has 3 nitrogen and oxygen atoms in total. The van der Waals surface area contributed by atoms with E-state index in [1.165, 1.54) is 12.1 Å². The Labute approximate surface area is 121 Å². The monoisotopic (exact) mass is 282 g/mol. The van der Waals surface area contributed by atoms with Gasteiger partial charge in [-0.15, -0.1) is 0 Å². The quantitative estimate of drug-likeness (QED) is 0.555. The molecule has 21 heavy (non-hydrogen) atoms. The highest BCUT2D eigenvalue weighted by molar-refractivity contribution is 6.17.